The van der Waals surface area contributed by atoms with E-state index in [0.29, 0.717) is 0 Å². The molecule has 0 bridgehead atoms. The largest absolute Gasteiger partial charge is 0.455 e. The minimum absolute atomic E-state index is 0.919. The second kappa shape index (κ2) is 10.6. The molecule has 0 atom stereocenters. The number of hydrogen-bond acceptors (Lipinski definition) is 2. The van der Waals surface area contributed by atoms with E-state index in [1.807, 2.05) is 11.3 Å². The molecule has 0 aliphatic rings. The average Bonchev–Trinajstić information content (AvgIpc) is 3.75. The summed E-state index contributed by atoms with van der Waals surface area (Å²) >= 11 is 1.84. The molecule has 0 radical (unpaired) electrons. The summed E-state index contributed by atoms with van der Waals surface area (Å²) in [5, 5.41) is 12.3. The van der Waals surface area contributed by atoms with Gasteiger partial charge in [-0.3, -0.25) is 0 Å². The highest BCUT2D eigenvalue weighted by Gasteiger charge is 2.23. The van der Waals surface area contributed by atoms with Crippen molar-refractivity contribution in [3.63, 3.8) is 0 Å². The topological polar surface area (TPSA) is 13.1 Å². The average molecular weight is 653 g/mol. The number of fused-ring (bicyclic) bond motifs is 10. The lowest BCUT2D eigenvalue weighted by atomic mass is 9.84. The lowest BCUT2D eigenvalue weighted by Gasteiger charge is -2.18. The fraction of sp³-hybridized carbons (Fsp3) is 0. The van der Waals surface area contributed by atoms with Gasteiger partial charge in [0, 0.05) is 26.2 Å². The van der Waals surface area contributed by atoms with Gasteiger partial charge in [-0.05, 0) is 90.0 Å². The minimum Gasteiger partial charge on any atom is -0.455 e. The molecule has 0 spiro atoms. The van der Waals surface area contributed by atoms with E-state index in [4.69, 9.17) is 4.42 Å². The highest BCUT2D eigenvalue weighted by molar-refractivity contribution is 7.26. The van der Waals surface area contributed by atoms with Gasteiger partial charge in [0.05, 0.1) is 4.70 Å². The molecular weight excluding hydrogens is 625 g/mol. The first-order chi connectivity index (χ1) is 24.8. The zero-order chi connectivity index (χ0) is 32.8. The Bertz CT molecular complexity index is 3070. The molecule has 0 fully saturated rings. The molecule has 2 heterocycles. The smallest absolute Gasteiger partial charge is 0.153 e. The first kappa shape index (κ1) is 27.7. The molecule has 50 heavy (non-hydrogen) atoms. The summed E-state index contributed by atoms with van der Waals surface area (Å²) in [4.78, 5) is 0. The maximum absolute atomic E-state index is 6.83. The molecule has 0 saturated carbocycles. The number of para-hydroxylation sites is 1. The Morgan fingerprint density at radius 3 is 1.62 bits per heavy atom. The van der Waals surface area contributed by atoms with Gasteiger partial charge in [0.1, 0.15) is 5.58 Å². The molecule has 0 saturated heterocycles. The second-order valence-electron chi connectivity index (χ2n) is 13.2. The standard InChI is InChI=1S/C48H28OS/c1-2-12-29(13-3-1)30-22-24-31(25-23-30)44-34-16-6-8-18-36(34)45(37-19-9-7-17-35(37)44)41-28-40-39-26-32-14-4-5-15-33(32)27-43(39)50-48(40)47-46(41)38-20-10-11-21-42(38)49-47/h1-28H. The normalized spacial score (nSPS) is 12.0. The monoisotopic (exact) mass is 652 g/mol. The van der Waals surface area contributed by atoms with Gasteiger partial charge in [0.15, 0.2) is 5.58 Å². The summed E-state index contributed by atoms with van der Waals surface area (Å²) in [7, 11) is 0. The lowest BCUT2D eigenvalue weighted by Crippen LogP contribution is -1.91. The van der Waals surface area contributed by atoms with E-state index >= 15 is 0 Å². The van der Waals surface area contributed by atoms with Crippen LogP contribution >= 0.6 is 11.3 Å². The number of furan rings is 1. The fourth-order valence-corrected chi connectivity index (χ4v) is 9.39. The van der Waals surface area contributed by atoms with Crippen molar-refractivity contribution in [2.75, 3.05) is 0 Å². The van der Waals surface area contributed by atoms with Crippen LogP contribution in [-0.4, -0.2) is 0 Å². The minimum atomic E-state index is 0.919. The predicted molar refractivity (Wildman–Crippen MR) is 215 cm³/mol. The third kappa shape index (κ3) is 4.00. The Morgan fingerprint density at radius 1 is 0.380 bits per heavy atom. The molecule has 11 aromatic rings. The molecule has 2 aromatic heterocycles. The number of benzene rings is 9. The van der Waals surface area contributed by atoms with Crippen molar-refractivity contribution in [3.8, 4) is 33.4 Å². The van der Waals surface area contributed by atoms with Crippen LogP contribution < -0.4 is 0 Å². The SMILES string of the molecule is c1ccc(-c2ccc(-c3c4ccccc4c(-c4cc5c6cc7ccccc7cc6sc5c5oc6ccccc6c45)c4ccccc34)cc2)cc1. The highest BCUT2D eigenvalue weighted by Crippen LogP contribution is 2.51. The summed E-state index contributed by atoms with van der Waals surface area (Å²) in [6.07, 6.45) is 0. The second-order valence-corrected chi connectivity index (χ2v) is 14.2. The quantitative estimate of drug-likeness (QED) is 0.173. The van der Waals surface area contributed by atoms with Crippen LogP contribution in [0.2, 0.25) is 0 Å². The Balaban J connectivity index is 1.27. The van der Waals surface area contributed by atoms with Crippen LogP contribution in [0.1, 0.15) is 0 Å². The summed E-state index contributed by atoms with van der Waals surface area (Å²) in [6.45, 7) is 0. The summed E-state index contributed by atoms with van der Waals surface area (Å²) in [5.41, 5.74) is 9.28. The molecule has 0 aliphatic carbocycles. The first-order valence-corrected chi connectivity index (χ1v) is 17.9. The van der Waals surface area contributed by atoms with Crippen molar-refractivity contribution in [1.82, 2.24) is 0 Å². The van der Waals surface area contributed by atoms with Gasteiger partial charge in [-0.15, -0.1) is 11.3 Å². The molecule has 0 amide bonds. The molecule has 1 nitrogen and oxygen atoms in total. The highest BCUT2D eigenvalue weighted by atomic mass is 32.1. The molecule has 11 rings (SSSR count). The Labute approximate surface area is 292 Å². The van der Waals surface area contributed by atoms with E-state index in [9.17, 15) is 0 Å². The summed E-state index contributed by atoms with van der Waals surface area (Å²) in [6, 6.07) is 61.9. The lowest BCUT2D eigenvalue weighted by molar-refractivity contribution is 0.673. The van der Waals surface area contributed by atoms with E-state index < -0.39 is 0 Å². The van der Waals surface area contributed by atoms with Crippen molar-refractivity contribution < 1.29 is 4.42 Å². The van der Waals surface area contributed by atoms with Gasteiger partial charge >= 0.3 is 0 Å². The van der Waals surface area contributed by atoms with Crippen LogP contribution in [-0.2, 0) is 0 Å². The molecule has 0 aliphatic heterocycles. The van der Waals surface area contributed by atoms with E-state index in [-0.39, 0.29) is 0 Å². The van der Waals surface area contributed by atoms with Crippen LogP contribution in [0.25, 0.3) is 108 Å². The predicted octanol–water partition coefficient (Wildman–Crippen LogP) is 14.4. The molecule has 0 N–H and O–H groups in total. The third-order valence-corrected chi connectivity index (χ3v) is 11.6. The van der Waals surface area contributed by atoms with Gasteiger partial charge in [0.2, 0.25) is 0 Å². The summed E-state index contributed by atoms with van der Waals surface area (Å²) in [5.74, 6) is 0. The molecule has 2 heteroatoms. The maximum atomic E-state index is 6.83. The Kier molecular flexibility index (Phi) is 5.89. The number of hydrogen-bond donors (Lipinski definition) is 0. The van der Waals surface area contributed by atoms with Gasteiger partial charge < -0.3 is 4.42 Å². The van der Waals surface area contributed by atoms with Crippen LogP contribution in [0.5, 0.6) is 0 Å². The van der Waals surface area contributed by atoms with Crippen molar-refractivity contribution >= 4 is 85.8 Å². The van der Waals surface area contributed by atoms with Gasteiger partial charge in [-0.25, -0.2) is 0 Å². The van der Waals surface area contributed by atoms with Crippen LogP contribution in [0.15, 0.2) is 174 Å². The molecule has 0 unspecified atom stereocenters. The summed E-state index contributed by atoms with van der Waals surface area (Å²) < 4.78 is 9.31. The van der Waals surface area contributed by atoms with E-state index in [2.05, 4.69) is 170 Å². The maximum Gasteiger partial charge on any atom is 0.153 e. The number of rotatable bonds is 3. The van der Waals surface area contributed by atoms with Crippen molar-refractivity contribution in [3.05, 3.63) is 170 Å². The van der Waals surface area contributed by atoms with E-state index in [0.717, 1.165) is 16.6 Å². The van der Waals surface area contributed by atoms with Gasteiger partial charge in [0.25, 0.3) is 0 Å². The van der Waals surface area contributed by atoms with E-state index in [1.54, 1.807) is 0 Å². The Hall–Kier alpha value is -6.22. The van der Waals surface area contributed by atoms with Crippen molar-refractivity contribution in [1.29, 1.82) is 0 Å². The first-order valence-electron chi connectivity index (χ1n) is 17.1. The van der Waals surface area contributed by atoms with Crippen LogP contribution in [0.4, 0.5) is 0 Å². The van der Waals surface area contributed by atoms with Crippen molar-refractivity contribution in [2.24, 2.45) is 0 Å². The fourth-order valence-electron chi connectivity index (χ4n) is 8.19. The van der Waals surface area contributed by atoms with Gasteiger partial charge in [-0.1, -0.05) is 146 Å². The van der Waals surface area contributed by atoms with E-state index in [1.165, 1.54) is 91.3 Å². The third-order valence-electron chi connectivity index (χ3n) is 10.4. The molecule has 9 aromatic carbocycles. The van der Waals surface area contributed by atoms with Gasteiger partial charge in [-0.2, -0.15) is 0 Å². The van der Waals surface area contributed by atoms with Crippen LogP contribution in [0, 0.1) is 0 Å². The van der Waals surface area contributed by atoms with Crippen molar-refractivity contribution in [2.45, 2.75) is 0 Å². The molecule has 232 valence electrons. The number of thiophene rings is 1. The van der Waals surface area contributed by atoms with Crippen LogP contribution in [0.3, 0.4) is 0 Å². The Morgan fingerprint density at radius 2 is 0.920 bits per heavy atom. The zero-order valence-corrected chi connectivity index (χ0v) is 27.8. The molecular formula is C48H28OS. The zero-order valence-electron chi connectivity index (χ0n) is 27.0.